The largest absolute Gasteiger partial charge is 0.508 e. The fourth-order valence-electron chi connectivity index (χ4n) is 1.62. The summed E-state index contributed by atoms with van der Waals surface area (Å²) < 4.78 is 0. The molecule has 1 N–H and O–H groups in total. The third kappa shape index (κ3) is 3.08. The van der Waals surface area contributed by atoms with Crippen LogP contribution in [0.1, 0.15) is 11.1 Å². The van der Waals surface area contributed by atoms with Crippen molar-refractivity contribution in [1.29, 1.82) is 0 Å². The zero-order valence-electron chi connectivity index (χ0n) is 10.2. The molecule has 0 aliphatic heterocycles. The lowest BCUT2D eigenvalue weighted by Gasteiger charge is -2.05. The van der Waals surface area contributed by atoms with Crippen LogP contribution in [0.5, 0.6) is 5.75 Å². The van der Waals surface area contributed by atoms with E-state index in [1.54, 1.807) is 12.1 Å². The Balaban J connectivity index is 2.35. The highest BCUT2D eigenvalue weighted by atomic mass is 16.3. The van der Waals surface area contributed by atoms with Crippen LogP contribution in [0.2, 0.25) is 0 Å². The number of aliphatic imine (C=N–C) groups is 1. The number of phenolic OH excluding ortho intramolecular Hbond substituents is 1. The summed E-state index contributed by atoms with van der Waals surface area (Å²) in [5.74, 6) is 2.50. The zero-order valence-corrected chi connectivity index (χ0v) is 10.2. The van der Waals surface area contributed by atoms with Gasteiger partial charge in [0.05, 0.1) is 5.69 Å². The summed E-state index contributed by atoms with van der Waals surface area (Å²) in [5.41, 5.74) is 2.58. The Kier molecular flexibility index (Phi) is 3.77. The number of benzene rings is 2. The van der Waals surface area contributed by atoms with E-state index in [-0.39, 0.29) is 11.2 Å². The van der Waals surface area contributed by atoms with Gasteiger partial charge in [0.25, 0.3) is 0 Å². The van der Waals surface area contributed by atoms with Crippen molar-refractivity contribution in [3.8, 4) is 18.1 Å². The standard InChI is InChI=1S/C15H9B2NO/c1-2-10-4-3-5-13(6-10)18-9-11-7-12(16)8-14(17)15(11)19/h1,3-9,19H. The minimum atomic E-state index is -0.0361. The summed E-state index contributed by atoms with van der Waals surface area (Å²) in [7, 11) is 11.3. The Morgan fingerprint density at radius 2 is 2.00 bits per heavy atom. The molecule has 0 atom stereocenters. The molecule has 2 aromatic carbocycles. The van der Waals surface area contributed by atoms with Gasteiger partial charge in [0.1, 0.15) is 21.4 Å². The van der Waals surface area contributed by atoms with Gasteiger partial charge in [-0.25, -0.2) is 0 Å². The Morgan fingerprint density at radius 1 is 1.21 bits per heavy atom. The van der Waals surface area contributed by atoms with E-state index in [2.05, 4.69) is 10.9 Å². The van der Waals surface area contributed by atoms with E-state index in [1.165, 1.54) is 12.3 Å². The SMILES string of the molecule is [B]c1cc([B])c(O)c(C=Nc2cccc(C#C)c2)c1. The highest BCUT2D eigenvalue weighted by molar-refractivity contribution is 6.39. The second kappa shape index (κ2) is 5.49. The topological polar surface area (TPSA) is 32.6 Å². The Bertz CT molecular complexity index is 687. The Labute approximate surface area is 115 Å². The first kappa shape index (κ1) is 13.0. The van der Waals surface area contributed by atoms with Gasteiger partial charge >= 0.3 is 0 Å². The molecule has 4 radical (unpaired) electrons. The first-order valence-electron chi connectivity index (χ1n) is 5.59. The van der Waals surface area contributed by atoms with Gasteiger partial charge in [0, 0.05) is 17.3 Å². The molecule has 2 rings (SSSR count). The van der Waals surface area contributed by atoms with Crippen LogP contribution in [0.15, 0.2) is 41.4 Å². The van der Waals surface area contributed by atoms with Crippen LogP contribution in [0.25, 0.3) is 0 Å². The van der Waals surface area contributed by atoms with Crippen molar-refractivity contribution in [2.75, 3.05) is 0 Å². The third-order valence-corrected chi connectivity index (χ3v) is 2.56. The minimum absolute atomic E-state index is 0.0361. The van der Waals surface area contributed by atoms with Crippen molar-refractivity contribution in [3.63, 3.8) is 0 Å². The molecule has 2 nitrogen and oxygen atoms in total. The van der Waals surface area contributed by atoms with Crippen LogP contribution in [0.4, 0.5) is 5.69 Å². The molecule has 0 aliphatic carbocycles. The fraction of sp³-hybridized carbons (Fsp3) is 0. The number of rotatable bonds is 2. The molecule has 0 aromatic heterocycles. The molecule has 4 heteroatoms. The van der Waals surface area contributed by atoms with Crippen molar-refractivity contribution in [2.24, 2.45) is 4.99 Å². The van der Waals surface area contributed by atoms with Crippen molar-refractivity contribution in [3.05, 3.63) is 47.5 Å². The van der Waals surface area contributed by atoms with Gasteiger partial charge in [0.15, 0.2) is 0 Å². The molecule has 0 heterocycles. The molecular formula is C15H9B2NO. The summed E-state index contributed by atoms with van der Waals surface area (Å²) in [6, 6.07) is 10.3. The van der Waals surface area contributed by atoms with E-state index >= 15 is 0 Å². The lowest BCUT2D eigenvalue weighted by atomic mass is 9.85. The number of phenols is 1. The summed E-state index contributed by atoms with van der Waals surface area (Å²) in [6.45, 7) is 0. The maximum absolute atomic E-state index is 9.80. The molecule has 0 fully saturated rings. The van der Waals surface area contributed by atoms with Crippen LogP contribution >= 0.6 is 0 Å². The summed E-state index contributed by atoms with van der Waals surface area (Å²) >= 11 is 0. The van der Waals surface area contributed by atoms with Gasteiger partial charge in [-0.3, -0.25) is 4.99 Å². The second-order valence-corrected chi connectivity index (χ2v) is 4.00. The maximum Gasteiger partial charge on any atom is 0.118 e. The van der Waals surface area contributed by atoms with Crippen molar-refractivity contribution in [1.82, 2.24) is 0 Å². The van der Waals surface area contributed by atoms with Crippen LogP contribution in [-0.2, 0) is 0 Å². The molecule has 0 saturated carbocycles. The predicted molar refractivity (Wildman–Crippen MR) is 80.5 cm³/mol. The number of hydrogen-bond donors (Lipinski definition) is 1. The van der Waals surface area contributed by atoms with Crippen molar-refractivity contribution in [2.45, 2.75) is 0 Å². The van der Waals surface area contributed by atoms with Gasteiger partial charge in [-0.15, -0.1) is 6.42 Å². The monoisotopic (exact) mass is 241 g/mol. The van der Waals surface area contributed by atoms with E-state index in [0.29, 0.717) is 16.7 Å². The van der Waals surface area contributed by atoms with E-state index < -0.39 is 0 Å². The average Bonchev–Trinajstić information content (AvgIpc) is 2.41. The van der Waals surface area contributed by atoms with Crippen LogP contribution < -0.4 is 10.9 Å². The van der Waals surface area contributed by atoms with E-state index in [1.807, 2.05) is 18.2 Å². The highest BCUT2D eigenvalue weighted by Gasteiger charge is 2.02. The third-order valence-electron chi connectivity index (χ3n) is 2.56. The average molecular weight is 241 g/mol. The number of nitrogens with zero attached hydrogens (tertiary/aromatic N) is 1. The molecule has 0 bridgehead atoms. The quantitative estimate of drug-likeness (QED) is 0.468. The van der Waals surface area contributed by atoms with Gasteiger partial charge in [-0.2, -0.15) is 0 Å². The highest BCUT2D eigenvalue weighted by Crippen LogP contribution is 2.15. The van der Waals surface area contributed by atoms with Crippen molar-refractivity contribution < 1.29 is 5.11 Å². The molecular weight excluding hydrogens is 232 g/mol. The second-order valence-electron chi connectivity index (χ2n) is 4.00. The van der Waals surface area contributed by atoms with Crippen LogP contribution in [0.3, 0.4) is 0 Å². The molecule has 0 saturated heterocycles. The van der Waals surface area contributed by atoms with Crippen molar-refractivity contribution >= 4 is 38.5 Å². The molecule has 0 spiro atoms. The van der Waals surface area contributed by atoms with E-state index in [9.17, 15) is 5.11 Å². The Hall–Kier alpha value is -2.40. The zero-order chi connectivity index (χ0) is 13.8. The fourth-order valence-corrected chi connectivity index (χ4v) is 1.62. The van der Waals surface area contributed by atoms with Gasteiger partial charge in [-0.05, 0) is 18.2 Å². The summed E-state index contributed by atoms with van der Waals surface area (Å²) in [5, 5.41) is 9.80. The van der Waals surface area contributed by atoms with Crippen LogP contribution in [-0.4, -0.2) is 27.0 Å². The molecule has 2 aromatic rings. The lowest BCUT2D eigenvalue weighted by molar-refractivity contribution is 0.479. The Morgan fingerprint density at radius 3 is 2.74 bits per heavy atom. The summed E-state index contributed by atoms with van der Waals surface area (Å²) in [4.78, 5) is 4.24. The first-order chi connectivity index (χ1) is 9.10. The van der Waals surface area contributed by atoms with Gasteiger partial charge in [-0.1, -0.05) is 35.0 Å². The smallest absolute Gasteiger partial charge is 0.118 e. The molecule has 0 aliphatic rings. The first-order valence-corrected chi connectivity index (χ1v) is 5.59. The van der Waals surface area contributed by atoms with Gasteiger partial charge < -0.3 is 5.11 Å². The van der Waals surface area contributed by atoms with E-state index in [0.717, 1.165) is 5.56 Å². The molecule has 0 amide bonds. The predicted octanol–water partition coefficient (Wildman–Crippen LogP) is 0.712. The number of aromatic hydroxyl groups is 1. The minimum Gasteiger partial charge on any atom is -0.508 e. The van der Waals surface area contributed by atoms with Gasteiger partial charge in [0.2, 0.25) is 0 Å². The van der Waals surface area contributed by atoms with E-state index in [4.69, 9.17) is 22.1 Å². The maximum atomic E-state index is 9.80. The molecule has 19 heavy (non-hydrogen) atoms. The lowest BCUT2D eigenvalue weighted by Crippen LogP contribution is -2.15. The molecule has 0 unspecified atom stereocenters. The number of hydrogen-bond acceptors (Lipinski definition) is 2. The van der Waals surface area contributed by atoms with Crippen LogP contribution in [0, 0.1) is 12.3 Å². The molecule has 86 valence electrons. The normalized spacial score (nSPS) is 10.5. The number of terminal acetylenes is 1. The summed E-state index contributed by atoms with van der Waals surface area (Å²) in [6.07, 6.45) is 6.81.